The lowest BCUT2D eigenvalue weighted by Crippen LogP contribution is -2.61. The van der Waals surface area contributed by atoms with Crippen LogP contribution in [0.5, 0.6) is 5.75 Å². The second-order valence-corrected chi connectivity index (χ2v) is 10.7. The van der Waals surface area contributed by atoms with Gasteiger partial charge in [0.25, 0.3) is 5.91 Å². The van der Waals surface area contributed by atoms with Gasteiger partial charge in [-0.25, -0.2) is 4.39 Å². The van der Waals surface area contributed by atoms with Crippen molar-refractivity contribution in [3.63, 3.8) is 0 Å². The summed E-state index contributed by atoms with van der Waals surface area (Å²) in [6, 6.07) is 21.8. The predicted molar refractivity (Wildman–Crippen MR) is 154 cm³/mol. The molecule has 0 saturated carbocycles. The Kier molecular flexibility index (Phi) is 8.78. The van der Waals surface area contributed by atoms with E-state index in [4.69, 9.17) is 4.74 Å². The lowest BCUT2D eigenvalue weighted by Gasteiger charge is -2.44. The van der Waals surface area contributed by atoms with E-state index in [9.17, 15) is 18.4 Å². The normalized spacial score (nSPS) is 18.3. The molecule has 0 aliphatic carbocycles. The number of benzene rings is 3. The molecule has 2 heterocycles. The first kappa shape index (κ1) is 28.5. The van der Waals surface area contributed by atoms with Gasteiger partial charge in [0.15, 0.2) is 11.6 Å². The van der Waals surface area contributed by atoms with Crippen molar-refractivity contribution < 1.29 is 23.1 Å². The third kappa shape index (κ3) is 6.65. The molecule has 2 amide bonds. The predicted octanol–water partition coefficient (Wildman–Crippen LogP) is 4.63. The maximum atomic E-state index is 13.9. The maximum Gasteiger partial charge on any atom is 0.251 e. The Balaban J connectivity index is 1.34. The zero-order chi connectivity index (χ0) is 28.9. The average Bonchev–Trinajstić information content (AvgIpc) is 2.98. The zero-order valence-electron chi connectivity index (χ0n) is 23.4. The highest BCUT2D eigenvalue weighted by Crippen LogP contribution is 2.34. The molecule has 1 N–H and O–H groups in total. The number of rotatable bonds is 9. The topological polar surface area (TPSA) is 61.9 Å². The van der Waals surface area contributed by atoms with E-state index in [1.165, 1.54) is 17.7 Å². The minimum atomic E-state index is -0.986. The van der Waals surface area contributed by atoms with Gasteiger partial charge in [0, 0.05) is 51.6 Å². The average molecular weight is 560 g/mol. The standard InChI is InChI=1S/C33H35F2N3O3/c1-22(39)38-20-26-19-27(25-13-11-24(12-14-25)16-18-41-30-10-6-9-28(34)32(30)35)31(29(21-38)36-26)33(40)37(2)17-15-23-7-4-3-5-8-23/h3-14,26,29,36H,15-21H2,1-2H3. The van der Waals surface area contributed by atoms with Crippen LogP contribution in [0.25, 0.3) is 5.57 Å². The van der Waals surface area contributed by atoms with Crippen molar-refractivity contribution in [2.75, 3.05) is 33.3 Å². The lowest BCUT2D eigenvalue weighted by molar-refractivity contribution is -0.132. The number of fused-ring (bicyclic) bond motifs is 2. The van der Waals surface area contributed by atoms with Gasteiger partial charge in [0.2, 0.25) is 11.7 Å². The number of nitrogens with one attached hydrogen (secondary N) is 1. The first-order valence-corrected chi connectivity index (χ1v) is 14.0. The number of nitrogens with zero attached hydrogens (tertiary/aromatic N) is 2. The molecule has 2 bridgehead atoms. The van der Waals surface area contributed by atoms with E-state index in [-0.39, 0.29) is 36.3 Å². The molecule has 214 valence electrons. The van der Waals surface area contributed by atoms with Crippen LogP contribution in [-0.4, -0.2) is 67.0 Å². The fourth-order valence-corrected chi connectivity index (χ4v) is 5.62. The quantitative estimate of drug-likeness (QED) is 0.415. The molecule has 0 radical (unpaired) electrons. The molecule has 2 aliphatic heterocycles. The Labute approximate surface area is 239 Å². The summed E-state index contributed by atoms with van der Waals surface area (Å²) in [5.74, 6) is -2.05. The van der Waals surface area contributed by atoms with Gasteiger partial charge in [-0.1, -0.05) is 60.7 Å². The number of amides is 2. The summed E-state index contributed by atoms with van der Waals surface area (Å²) < 4.78 is 32.8. The van der Waals surface area contributed by atoms with Gasteiger partial charge >= 0.3 is 0 Å². The van der Waals surface area contributed by atoms with Gasteiger partial charge in [0.05, 0.1) is 12.6 Å². The molecule has 2 atom stereocenters. The van der Waals surface area contributed by atoms with Crippen LogP contribution in [-0.2, 0) is 22.4 Å². The van der Waals surface area contributed by atoms with E-state index >= 15 is 0 Å². The molecule has 6 nitrogen and oxygen atoms in total. The molecule has 0 spiro atoms. The van der Waals surface area contributed by atoms with E-state index in [2.05, 4.69) is 17.4 Å². The van der Waals surface area contributed by atoms with Crippen LogP contribution in [0.1, 0.15) is 30.0 Å². The molecule has 3 aromatic carbocycles. The molecule has 3 aromatic rings. The molecule has 8 heteroatoms. The third-order valence-corrected chi connectivity index (χ3v) is 7.87. The van der Waals surface area contributed by atoms with Gasteiger partial charge in [0.1, 0.15) is 0 Å². The maximum absolute atomic E-state index is 13.9. The number of carbonyl (C=O) groups is 2. The first-order chi connectivity index (χ1) is 19.8. The molecule has 0 aromatic heterocycles. The van der Waals surface area contributed by atoms with E-state index in [1.807, 2.05) is 54.4 Å². The van der Waals surface area contributed by atoms with Gasteiger partial charge in [-0.3, -0.25) is 9.59 Å². The fraction of sp³-hybridized carbons (Fsp3) is 0.333. The number of piperazine rings is 1. The first-order valence-electron chi connectivity index (χ1n) is 14.0. The fourth-order valence-electron chi connectivity index (χ4n) is 5.62. The van der Waals surface area contributed by atoms with E-state index in [0.717, 1.165) is 29.2 Å². The summed E-state index contributed by atoms with van der Waals surface area (Å²) >= 11 is 0. The molecule has 1 saturated heterocycles. The number of ether oxygens (including phenoxy) is 1. The van der Waals surface area contributed by atoms with Crippen molar-refractivity contribution in [1.29, 1.82) is 0 Å². The minimum Gasteiger partial charge on any atom is -0.490 e. The molecule has 5 rings (SSSR count). The highest BCUT2D eigenvalue weighted by atomic mass is 19.2. The second-order valence-electron chi connectivity index (χ2n) is 10.7. The summed E-state index contributed by atoms with van der Waals surface area (Å²) in [6.45, 7) is 3.41. The molecule has 2 aliphatic rings. The number of hydrogen-bond donors (Lipinski definition) is 1. The largest absolute Gasteiger partial charge is 0.490 e. The van der Waals surface area contributed by atoms with Crippen LogP contribution in [0.2, 0.25) is 0 Å². The van der Waals surface area contributed by atoms with Crippen LogP contribution in [0.4, 0.5) is 8.78 Å². The van der Waals surface area contributed by atoms with Crippen molar-refractivity contribution in [2.24, 2.45) is 0 Å². The van der Waals surface area contributed by atoms with Crippen molar-refractivity contribution >= 4 is 17.4 Å². The van der Waals surface area contributed by atoms with Gasteiger partial charge < -0.3 is 19.9 Å². The number of carbonyl (C=O) groups excluding carboxylic acids is 2. The summed E-state index contributed by atoms with van der Waals surface area (Å²) in [7, 11) is 1.83. The smallest absolute Gasteiger partial charge is 0.251 e. The number of halogens is 2. The Morgan fingerprint density at radius 3 is 2.41 bits per heavy atom. The van der Waals surface area contributed by atoms with Crippen molar-refractivity contribution in [3.8, 4) is 5.75 Å². The molecule has 41 heavy (non-hydrogen) atoms. The van der Waals surface area contributed by atoms with E-state index < -0.39 is 11.6 Å². The molecular weight excluding hydrogens is 524 g/mol. The Bertz CT molecular complexity index is 1430. The summed E-state index contributed by atoms with van der Waals surface area (Å²) in [5, 5.41) is 3.59. The third-order valence-electron chi connectivity index (χ3n) is 7.87. The Morgan fingerprint density at radius 2 is 1.68 bits per heavy atom. The van der Waals surface area contributed by atoms with Gasteiger partial charge in [-0.05, 0) is 47.2 Å². The summed E-state index contributed by atoms with van der Waals surface area (Å²) in [6.07, 6.45) is 1.90. The van der Waals surface area contributed by atoms with E-state index in [0.29, 0.717) is 38.0 Å². The molecule has 2 unspecified atom stereocenters. The van der Waals surface area contributed by atoms with Crippen LogP contribution < -0.4 is 10.1 Å². The zero-order valence-corrected chi connectivity index (χ0v) is 23.4. The van der Waals surface area contributed by atoms with Crippen LogP contribution in [0, 0.1) is 11.6 Å². The van der Waals surface area contributed by atoms with Gasteiger partial charge in [-0.15, -0.1) is 0 Å². The second kappa shape index (κ2) is 12.6. The monoisotopic (exact) mass is 559 g/mol. The number of hydrogen-bond acceptors (Lipinski definition) is 4. The van der Waals surface area contributed by atoms with Crippen LogP contribution in [0.3, 0.4) is 0 Å². The Morgan fingerprint density at radius 1 is 0.951 bits per heavy atom. The molecular formula is C33H35F2N3O3. The summed E-state index contributed by atoms with van der Waals surface area (Å²) in [5.41, 5.74) is 4.83. The summed E-state index contributed by atoms with van der Waals surface area (Å²) in [4.78, 5) is 29.8. The molecule has 1 fully saturated rings. The SMILES string of the molecule is CC(=O)N1CC2CC(c3ccc(CCOc4cccc(F)c4F)cc3)=C(C(=O)N(C)CCc3ccccc3)C(C1)N2. The van der Waals surface area contributed by atoms with Crippen LogP contribution in [0.15, 0.2) is 78.4 Å². The highest BCUT2D eigenvalue weighted by Gasteiger charge is 2.39. The van der Waals surface area contributed by atoms with Gasteiger partial charge in [-0.2, -0.15) is 4.39 Å². The lowest BCUT2D eigenvalue weighted by atomic mass is 9.82. The van der Waals surface area contributed by atoms with Crippen molar-refractivity contribution in [3.05, 3.63) is 107 Å². The van der Waals surface area contributed by atoms with Crippen molar-refractivity contribution in [1.82, 2.24) is 15.1 Å². The van der Waals surface area contributed by atoms with Crippen LogP contribution >= 0.6 is 0 Å². The Hall–Kier alpha value is -4.04. The van der Waals surface area contributed by atoms with Crippen molar-refractivity contribution in [2.45, 2.75) is 38.3 Å². The number of likely N-dealkylation sites (N-methyl/N-ethyl adjacent to an activating group) is 1. The highest BCUT2D eigenvalue weighted by molar-refractivity contribution is 6.03. The van der Waals surface area contributed by atoms with E-state index in [1.54, 1.807) is 11.8 Å². The minimum absolute atomic E-state index is 0.0128.